The predicted octanol–water partition coefficient (Wildman–Crippen LogP) is 4.21. The molecule has 10 nitrogen and oxygen atoms in total. The molecule has 4 aromatic rings. The fourth-order valence-corrected chi connectivity index (χ4v) is 4.45. The van der Waals surface area contributed by atoms with E-state index in [1.54, 1.807) is 31.4 Å². The smallest absolute Gasteiger partial charge is 0.257 e. The number of phenols is 1. The fraction of sp³-hybridized carbons (Fsp3) is 0.290. The van der Waals surface area contributed by atoms with Crippen molar-refractivity contribution in [1.82, 2.24) is 10.2 Å². The zero-order valence-corrected chi connectivity index (χ0v) is 23.6. The lowest BCUT2D eigenvalue weighted by atomic mass is 10.1. The number of nitrogens with one attached hydrogen (secondary N) is 1. The van der Waals surface area contributed by atoms with Crippen LogP contribution in [0.3, 0.4) is 0 Å². The van der Waals surface area contributed by atoms with E-state index in [1.807, 2.05) is 31.3 Å². The highest BCUT2D eigenvalue weighted by molar-refractivity contribution is 5.89. The maximum atomic E-state index is 12.8. The Hall–Kier alpha value is -4.70. The highest BCUT2D eigenvalue weighted by atomic mass is 16.5. The third-order valence-electron chi connectivity index (χ3n) is 6.52. The normalized spacial score (nSPS) is 11.0. The Labute approximate surface area is 238 Å². The number of methoxy groups -OCH3 is 3. The summed E-state index contributed by atoms with van der Waals surface area (Å²) in [5.41, 5.74) is 1.46. The van der Waals surface area contributed by atoms with Crippen molar-refractivity contribution < 1.29 is 33.3 Å². The van der Waals surface area contributed by atoms with Gasteiger partial charge in [-0.3, -0.25) is 9.59 Å². The van der Waals surface area contributed by atoms with Gasteiger partial charge in [0.1, 0.15) is 28.2 Å². The monoisotopic (exact) mass is 562 g/mol. The molecule has 1 heterocycles. The van der Waals surface area contributed by atoms with Crippen molar-refractivity contribution in [2.24, 2.45) is 0 Å². The van der Waals surface area contributed by atoms with Crippen molar-refractivity contribution in [1.29, 1.82) is 0 Å². The van der Waals surface area contributed by atoms with E-state index in [0.717, 1.165) is 30.8 Å². The van der Waals surface area contributed by atoms with Gasteiger partial charge in [-0.1, -0.05) is 18.2 Å². The Morgan fingerprint density at radius 3 is 2.41 bits per heavy atom. The zero-order chi connectivity index (χ0) is 29.4. The summed E-state index contributed by atoms with van der Waals surface area (Å²) in [5.74, 6) is 1.39. The lowest BCUT2D eigenvalue weighted by Gasteiger charge is -2.18. The summed E-state index contributed by atoms with van der Waals surface area (Å²) in [6.07, 6.45) is 0.791. The van der Waals surface area contributed by atoms with Crippen LogP contribution in [0.15, 0.2) is 69.9 Å². The minimum absolute atomic E-state index is 0.000404. The number of para-hydroxylation sites is 1. The van der Waals surface area contributed by atoms with Gasteiger partial charge >= 0.3 is 0 Å². The minimum atomic E-state index is -0.428. The molecule has 41 heavy (non-hydrogen) atoms. The molecule has 0 unspecified atom stereocenters. The van der Waals surface area contributed by atoms with Crippen LogP contribution in [0.2, 0.25) is 0 Å². The van der Waals surface area contributed by atoms with E-state index in [4.69, 9.17) is 23.4 Å². The molecule has 0 aliphatic heterocycles. The SMILES string of the molecule is COc1ccccc1CN(C)CCCNC(=O)COc1ccc(-c2cc(=O)c3c(O)c(OC)c(OC)cc3o2)cc1. The molecule has 2 N–H and O–H groups in total. The van der Waals surface area contributed by atoms with Gasteiger partial charge in [-0.25, -0.2) is 0 Å². The molecule has 0 radical (unpaired) electrons. The van der Waals surface area contributed by atoms with Gasteiger partial charge in [0.25, 0.3) is 5.91 Å². The van der Waals surface area contributed by atoms with E-state index < -0.39 is 5.43 Å². The molecule has 1 amide bonds. The van der Waals surface area contributed by atoms with E-state index in [9.17, 15) is 14.7 Å². The van der Waals surface area contributed by atoms with E-state index in [-0.39, 0.29) is 40.7 Å². The van der Waals surface area contributed by atoms with Crippen LogP contribution in [0.5, 0.6) is 28.7 Å². The average Bonchev–Trinajstić information content (AvgIpc) is 2.98. The standard InChI is InChI=1S/C31H34N2O8/c1-33(18-21-8-5-6-9-24(21)37-2)15-7-14-32-28(35)19-40-22-12-10-20(11-13-22)25-16-23(34)29-26(41-25)17-27(38-3)31(39-4)30(29)36/h5-6,8-13,16-17,36H,7,14-15,18-19H2,1-4H3,(H,32,35). The van der Waals surface area contributed by atoms with Gasteiger partial charge in [0.05, 0.1) is 21.3 Å². The number of rotatable bonds is 13. The van der Waals surface area contributed by atoms with Crippen molar-refractivity contribution in [2.75, 3.05) is 48.1 Å². The molecule has 0 atom stereocenters. The first-order chi connectivity index (χ1) is 19.8. The zero-order valence-electron chi connectivity index (χ0n) is 23.6. The van der Waals surface area contributed by atoms with Crippen molar-refractivity contribution in [2.45, 2.75) is 13.0 Å². The molecule has 0 saturated carbocycles. The van der Waals surface area contributed by atoms with Crippen LogP contribution >= 0.6 is 0 Å². The van der Waals surface area contributed by atoms with Gasteiger partial charge in [0, 0.05) is 36.3 Å². The molecule has 0 fully saturated rings. The molecule has 0 aliphatic rings. The number of benzene rings is 3. The van der Waals surface area contributed by atoms with Gasteiger partial charge in [-0.05, 0) is 50.3 Å². The second-order valence-electron chi connectivity index (χ2n) is 9.37. The number of carbonyl (C=O) groups excluding carboxylic acids is 1. The van der Waals surface area contributed by atoms with Crippen LogP contribution in [0, 0.1) is 0 Å². The fourth-order valence-electron chi connectivity index (χ4n) is 4.45. The summed E-state index contributed by atoms with van der Waals surface area (Å²) in [7, 11) is 6.49. The van der Waals surface area contributed by atoms with E-state index in [1.165, 1.54) is 26.4 Å². The number of aromatic hydroxyl groups is 1. The van der Waals surface area contributed by atoms with Gasteiger partial charge in [-0.15, -0.1) is 0 Å². The third-order valence-corrected chi connectivity index (χ3v) is 6.52. The number of ether oxygens (including phenoxy) is 4. The van der Waals surface area contributed by atoms with Crippen molar-refractivity contribution in [3.63, 3.8) is 0 Å². The van der Waals surface area contributed by atoms with E-state index in [2.05, 4.69) is 10.2 Å². The summed E-state index contributed by atoms with van der Waals surface area (Å²) in [6.45, 7) is 1.98. The summed E-state index contributed by atoms with van der Waals surface area (Å²) in [6, 6.07) is 17.5. The number of carbonyl (C=O) groups is 1. The Morgan fingerprint density at radius 2 is 1.71 bits per heavy atom. The summed E-state index contributed by atoms with van der Waals surface area (Å²) in [4.78, 5) is 27.2. The van der Waals surface area contributed by atoms with Crippen molar-refractivity contribution in [3.05, 3.63) is 76.5 Å². The van der Waals surface area contributed by atoms with E-state index >= 15 is 0 Å². The second-order valence-corrected chi connectivity index (χ2v) is 9.37. The molecule has 3 aromatic carbocycles. The molecule has 216 valence electrons. The average molecular weight is 563 g/mol. The van der Waals surface area contributed by atoms with Crippen LogP contribution in [0.25, 0.3) is 22.3 Å². The first kappa shape index (κ1) is 29.3. The highest BCUT2D eigenvalue weighted by Crippen LogP contribution is 2.42. The van der Waals surface area contributed by atoms with Crippen LogP contribution in [0.4, 0.5) is 0 Å². The van der Waals surface area contributed by atoms with E-state index in [0.29, 0.717) is 23.6 Å². The number of hydrogen-bond donors (Lipinski definition) is 2. The topological polar surface area (TPSA) is 120 Å². The quantitative estimate of drug-likeness (QED) is 0.231. The van der Waals surface area contributed by atoms with Crippen LogP contribution in [-0.4, -0.2) is 64.0 Å². The maximum absolute atomic E-state index is 12.8. The molecule has 10 heteroatoms. The molecular formula is C31H34N2O8. The number of hydrogen-bond acceptors (Lipinski definition) is 9. The molecule has 1 aromatic heterocycles. The Morgan fingerprint density at radius 1 is 0.976 bits per heavy atom. The van der Waals surface area contributed by atoms with Gasteiger partial charge in [0.2, 0.25) is 5.75 Å². The van der Waals surface area contributed by atoms with Gasteiger partial charge in [-0.2, -0.15) is 0 Å². The van der Waals surface area contributed by atoms with Crippen LogP contribution in [-0.2, 0) is 11.3 Å². The minimum Gasteiger partial charge on any atom is -0.504 e. The summed E-state index contributed by atoms with van der Waals surface area (Å²) < 4.78 is 27.3. The van der Waals surface area contributed by atoms with Crippen LogP contribution < -0.4 is 29.7 Å². The van der Waals surface area contributed by atoms with Crippen molar-refractivity contribution in [3.8, 4) is 40.1 Å². The number of nitrogens with zero attached hydrogens (tertiary/aromatic N) is 1. The maximum Gasteiger partial charge on any atom is 0.257 e. The Balaban J connectivity index is 1.28. The number of fused-ring (bicyclic) bond motifs is 1. The van der Waals surface area contributed by atoms with Gasteiger partial charge in [0.15, 0.2) is 23.5 Å². The molecule has 0 bridgehead atoms. The molecule has 0 aliphatic carbocycles. The molecule has 0 saturated heterocycles. The Bertz CT molecular complexity index is 1550. The first-order valence-electron chi connectivity index (χ1n) is 13.1. The highest BCUT2D eigenvalue weighted by Gasteiger charge is 2.19. The lowest BCUT2D eigenvalue weighted by Crippen LogP contribution is -2.31. The van der Waals surface area contributed by atoms with Crippen molar-refractivity contribution >= 4 is 16.9 Å². The number of amides is 1. The third kappa shape index (κ3) is 7.09. The summed E-state index contributed by atoms with van der Waals surface area (Å²) >= 11 is 0. The molecular weight excluding hydrogens is 528 g/mol. The Kier molecular flexibility index (Phi) is 9.70. The largest absolute Gasteiger partial charge is 0.504 e. The predicted molar refractivity (Wildman–Crippen MR) is 155 cm³/mol. The second kappa shape index (κ2) is 13.6. The first-order valence-corrected chi connectivity index (χ1v) is 13.1. The number of phenolic OH excluding ortho intramolecular Hbond substituents is 1. The molecule has 4 rings (SSSR count). The summed E-state index contributed by atoms with van der Waals surface area (Å²) in [5, 5.41) is 13.4. The lowest BCUT2D eigenvalue weighted by molar-refractivity contribution is -0.123. The molecule has 0 spiro atoms. The van der Waals surface area contributed by atoms with Crippen LogP contribution in [0.1, 0.15) is 12.0 Å². The van der Waals surface area contributed by atoms with Gasteiger partial charge < -0.3 is 38.7 Å².